The summed E-state index contributed by atoms with van der Waals surface area (Å²) in [6.45, 7) is 6.95. The van der Waals surface area contributed by atoms with E-state index in [4.69, 9.17) is 0 Å². The Hall–Kier alpha value is -6.58. The molecule has 3 heteroatoms. The van der Waals surface area contributed by atoms with Gasteiger partial charge in [-0.1, -0.05) is 154 Å². The van der Waals surface area contributed by atoms with Gasteiger partial charge in [0.2, 0.25) is 0 Å². The summed E-state index contributed by atoms with van der Waals surface area (Å²) in [5.74, 6) is 0. The molecule has 10 aromatic carbocycles. The molecule has 0 spiro atoms. The summed E-state index contributed by atoms with van der Waals surface area (Å²) in [5, 5.41) is 15.6. The minimum Gasteiger partial charge on any atom is -0.375 e. The van der Waals surface area contributed by atoms with E-state index in [-0.39, 0.29) is 12.3 Å². The third-order valence-corrected chi connectivity index (χ3v) is 12.9. The highest BCUT2D eigenvalue weighted by Gasteiger charge is 2.44. The van der Waals surface area contributed by atoms with Gasteiger partial charge in [0.25, 0.3) is 0 Å². The van der Waals surface area contributed by atoms with Crippen LogP contribution in [0, 0.1) is 0 Å². The molecule has 11 aromatic rings. The molecule has 0 unspecified atom stereocenters. The van der Waals surface area contributed by atoms with Gasteiger partial charge in [-0.25, -0.2) is 0 Å². The van der Waals surface area contributed by atoms with E-state index >= 15 is 0 Å². The summed E-state index contributed by atoms with van der Waals surface area (Å²) >= 11 is 0. The Balaban J connectivity index is 1.29. The fourth-order valence-corrected chi connectivity index (χ4v) is 10.5. The molecule has 0 saturated carbocycles. The molecule has 0 N–H and O–H groups in total. The van der Waals surface area contributed by atoms with Crippen molar-refractivity contribution in [3.8, 4) is 11.1 Å². The number of nitrogens with zero attached hydrogens (tertiary/aromatic N) is 2. The molecule has 2 aliphatic heterocycles. The monoisotopic (exact) mass is 698 g/mol. The third kappa shape index (κ3) is 3.76. The van der Waals surface area contributed by atoms with Crippen molar-refractivity contribution in [2.75, 3.05) is 4.90 Å². The smallest absolute Gasteiger partial charge is 0.333 e. The number of para-hydroxylation sites is 2. The first-order chi connectivity index (χ1) is 26.9. The highest BCUT2D eigenvalue weighted by Crippen LogP contribution is 2.52. The zero-order valence-corrected chi connectivity index (χ0v) is 31.0. The number of benzene rings is 10. The summed E-state index contributed by atoms with van der Waals surface area (Å²) in [7, 11) is 0. The van der Waals surface area contributed by atoms with Crippen LogP contribution in [0.5, 0.6) is 0 Å². The minimum absolute atomic E-state index is 0.0203. The molecule has 0 amide bonds. The highest BCUT2D eigenvalue weighted by atomic mass is 15.2. The van der Waals surface area contributed by atoms with E-state index in [0.29, 0.717) is 0 Å². The zero-order chi connectivity index (χ0) is 36.3. The summed E-state index contributed by atoms with van der Waals surface area (Å²) in [5.41, 5.74) is 13.2. The second kappa shape index (κ2) is 10.1. The van der Waals surface area contributed by atoms with Crippen LogP contribution in [-0.4, -0.2) is 11.3 Å². The average molecular weight is 699 g/mol. The molecule has 0 radical (unpaired) electrons. The van der Waals surface area contributed by atoms with E-state index in [2.05, 4.69) is 188 Å². The van der Waals surface area contributed by atoms with Crippen molar-refractivity contribution < 1.29 is 0 Å². The van der Waals surface area contributed by atoms with Gasteiger partial charge in [0.15, 0.2) is 0 Å². The van der Waals surface area contributed by atoms with Crippen molar-refractivity contribution in [3.05, 3.63) is 163 Å². The molecule has 0 fully saturated rings. The van der Waals surface area contributed by atoms with Crippen LogP contribution in [0.25, 0.3) is 86.8 Å². The van der Waals surface area contributed by atoms with Gasteiger partial charge in [-0.2, -0.15) is 0 Å². The third-order valence-electron chi connectivity index (χ3n) is 12.9. The van der Waals surface area contributed by atoms with Crippen LogP contribution >= 0.6 is 0 Å². The maximum absolute atomic E-state index is 2.68. The first-order valence-corrected chi connectivity index (χ1v) is 19.5. The van der Waals surface area contributed by atoms with Crippen LogP contribution in [0.4, 0.5) is 17.1 Å². The van der Waals surface area contributed by atoms with Gasteiger partial charge in [-0.15, -0.1) is 0 Å². The predicted octanol–water partition coefficient (Wildman–Crippen LogP) is 12.7. The molecular weight excluding hydrogens is 663 g/mol. The van der Waals surface area contributed by atoms with Crippen LogP contribution in [-0.2, 0) is 5.41 Å². The van der Waals surface area contributed by atoms with Crippen molar-refractivity contribution in [1.82, 2.24) is 4.48 Å². The molecule has 0 atom stereocenters. The molecule has 256 valence electrons. The van der Waals surface area contributed by atoms with E-state index in [9.17, 15) is 0 Å². The normalized spacial score (nSPS) is 13.7. The lowest BCUT2D eigenvalue weighted by Gasteiger charge is -2.42. The Bertz CT molecular complexity index is 3470. The highest BCUT2D eigenvalue weighted by molar-refractivity contribution is 6.91. The van der Waals surface area contributed by atoms with Crippen molar-refractivity contribution in [2.24, 2.45) is 0 Å². The van der Waals surface area contributed by atoms with Gasteiger partial charge in [-0.3, -0.25) is 0 Å². The van der Waals surface area contributed by atoms with Gasteiger partial charge < -0.3 is 9.38 Å². The Morgan fingerprint density at radius 2 is 1.15 bits per heavy atom. The Morgan fingerprint density at radius 1 is 0.491 bits per heavy atom. The molecule has 0 bridgehead atoms. The standard InChI is InChI=1S/C52H35BN2/c1-52(2,3)36-25-34-20-23-40-47-42(24-21-35(26-36)46(34)47)51-49-48(40)41-17-10-16-39-38-15-8-9-18-44(38)55(50(39)41)53(49)43-28-32-13-6-7-14-33(32)29-45(43)54(51)37-22-19-30-11-4-5-12-31(30)27-37/h4-29H,1-3H3. The number of rotatable bonds is 1. The SMILES string of the molecule is CC(C)(C)c1cc2ccc3c4c5c(c6ccc(c1)c2c36)N(c1ccc2ccccc2c1)c1cc2ccccc2cc1B5n1c2ccccc2c2cccc-4c21. The Morgan fingerprint density at radius 3 is 1.93 bits per heavy atom. The van der Waals surface area contributed by atoms with Gasteiger partial charge in [0, 0.05) is 49.5 Å². The van der Waals surface area contributed by atoms with Crippen LogP contribution in [0.1, 0.15) is 26.3 Å². The Kier molecular flexibility index (Phi) is 5.50. The lowest BCUT2D eigenvalue weighted by molar-refractivity contribution is 0.591. The van der Waals surface area contributed by atoms with E-state index in [0.717, 1.165) is 0 Å². The zero-order valence-electron chi connectivity index (χ0n) is 31.0. The quantitative estimate of drug-likeness (QED) is 0.122. The molecule has 2 aliphatic rings. The molecule has 55 heavy (non-hydrogen) atoms. The summed E-state index contributed by atoms with van der Waals surface area (Å²) in [6.07, 6.45) is 0. The van der Waals surface area contributed by atoms with Crippen molar-refractivity contribution in [2.45, 2.75) is 26.2 Å². The number of aromatic nitrogens is 1. The maximum Gasteiger partial charge on any atom is 0.333 e. The fraction of sp³-hybridized carbons (Fsp3) is 0.0769. The van der Waals surface area contributed by atoms with Crippen molar-refractivity contribution >= 4 is 111 Å². The van der Waals surface area contributed by atoms with Gasteiger partial charge in [-0.05, 0) is 94.8 Å². The topological polar surface area (TPSA) is 8.17 Å². The molecule has 1 aromatic heterocycles. The van der Waals surface area contributed by atoms with E-state index in [1.165, 1.54) is 120 Å². The lowest BCUT2D eigenvalue weighted by atomic mass is 9.44. The van der Waals surface area contributed by atoms with E-state index < -0.39 is 0 Å². The number of hydrogen-bond acceptors (Lipinski definition) is 1. The van der Waals surface area contributed by atoms with Crippen molar-refractivity contribution in [3.63, 3.8) is 0 Å². The molecule has 13 rings (SSSR count). The molecule has 0 saturated heterocycles. The second-order valence-electron chi connectivity index (χ2n) is 16.9. The van der Waals surface area contributed by atoms with Crippen LogP contribution in [0.2, 0.25) is 0 Å². The van der Waals surface area contributed by atoms with Gasteiger partial charge in [0.1, 0.15) is 0 Å². The van der Waals surface area contributed by atoms with Crippen LogP contribution in [0.3, 0.4) is 0 Å². The van der Waals surface area contributed by atoms with E-state index in [1.807, 2.05) is 0 Å². The minimum atomic E-state index is -0.0203. The second-order valence-corrected chi connectivity index (χ2v) is 16.9. The van der Waals surface area contributed by atoms with Crippen LogP contribution < -0.4 is 15.8 Å². The average Bonchev–Trinajstić information content (AvgIpc) is 3.55. The first-order valence-electron chi connectivity index (χ1n) is 19.5. The summed E-state index contributed by atoms with van der Waals surface area (Å²) < 4.78 is 2.68. The van der Waals surface area contributed by atoms with Gasteiger partial charge >= 0.3 is 6.85 Å². The predicted molar refractivity (Wildman–Crippen MR) is 237 cm³/mol. The molecular formula is C52H35BN2. The summed E-state index contributed by atoms with van der Waals surface area (Å²) in [6, 6.07) is 60.2. The molecule has 0 aliphatic carbocycles. The number of hydrogen-bond donors (Lipinski definition) is 0. The van der Waals surface area contributed by atoms with Gasteiger partial charge in [0.05, 0.1) is 5.69 Å². The molecule has 3 heterocycles. The fourth-order valence-electron chi connectivity index (χ4n) is 10.5. The van der Waals surface area contributed by atoms with Crippen molar-refractivity contribution in [1.29, 1.82) is 0 Å². The van der Waals surface area contributed by atoms with Crippen LogP contribution in [0.15, 0.2) is 158 Å². The molecule has 2 nitrogen and oxygen atoms in total. The lowest BCUT2D eigenvalue weighted by Crippen LogP contribution is -2.56. The number of fused-ring (bicyclic) bond motifs is 11. The first kappa shape index (κ1) is 29.8. The largest absolute Gasteiger partial charge is 0.375 e. The summed E-state index contributed by atoms with van der Waals surface area (Å²) in [4.78, 5) is 2.62. The Labute approximate surface area is 319 Å². The maximum atomic E-state index is 2.68. The van der Waals surface area contributed by atoms with E-state index in [1.54, 1.807) is 0 Å². The number of anilines is 3.